The fourth-order valence-electron chi connectivity index (χ4n) is 3.77. The van der Waals surface area contributed by atoms with E-state index in [4.69, 9.17) is 9.47 Å². The summed E-state index contributed by atoms with van der Waals surface area (Å²) in [6.07, 6.45) is 4.68. The number of benzene rings is 1. The van der Waals surface area contributed by atoms with Crippen LogP contribution in [0.25, 0.3) is 6.08 Å². The van der Waals surface area contributed by atoms with Crippen LogP contribution < -0.4 is 0 Å². The van der Waals surface area contributed by atoms with Crippen molar-refractivity contribution in [2.75, 3.05) is 7.11 Å². The number of rotatable bonds is 5. The number of esters is 1. The molecular weight excluding hydrogens is 380 g/mol. The van der Waals surface area contributed by atoms with Crippen molar-refractivity contribution in [1.82, 2.24) is 0 Å². The second-order valence-electron chi connectivity index (χ2n) is 8.60. The Hall–Kier alpha value is -2.24. The van der Waals surface area contributed by atoms with Crippen molar-refractivity contribution in [3.8, 4) is 0 Å². The maximum atomic E-state index is 12.6. The van der Waals surface area contributed by atoms with Gasteiger partial charge in [-0.15, -0.1) is 0 Å². The Morgan fingerprint density at radius 3 is 2.53 bits per heavy atom. The lowest BCUT2D eigenvalue weighted by Gasteiger charge is -2.37. The number of allylic oxidation sites excluding steroid dienone is 1. The Balaban J connectivity index is 2.29. The van der Waals surface area contributed by atoms with Crippen LogP contribution in [0.15, 0.2) is 48.1 Å². The molecule has 164 valence electrons. The molecule has 1 aromatic carbocycles. The number of ketones is 1. The lowest BCUT2D eigenvalue weighted by Crippen LogP contribution is -2.44. The second kappa shape index (κ2) is 10.7. The molecule has 0 bridgehead atoms. The zero-order valence-electron chi connectivity index (χ0n) is 18.6. The van der Waals surface area contributed by atoms with Crippen LogP contribution in [0.2, 0.25) is 0 Å². The van der Waals surface area contributed by atoms with E-state index in [1.54, 1.807) is 26.2 Å². The molecule has 1 N–H and O–H groups in total. The van der Waals surface area contributed by atoms with Gasteiger partial charge in [-0.3, -0.25) is 4.79 Å². The molecule has 0 spiro atoms. The van der Waals surface area contributed by atoms with Gasteiger partial charge in [-0.1, -0.05) is 44.2 Å². The van der Waals surface area contributed by atoms with E-state index >= 15 is 0 Å². The standard InChI is InChI=1S/C25H34O5/c1-17(2)20-13-14-25(4,29-5)23(27)16-21(26)18(3)15-22(20)30-24(28)12-11-19-9-7-6-8-10-19/h6-12,15,17,20,22-23,27H,13-14,16H2,1-5H3/b12-11+,18-15-/t20-,22+,23+,25+/m0/s1. The lowest BCUT2D eigenvalue weighted by atomic mass is 9.78. The predicted octanol–water partition coefficient (Wildman–Crippen LogP) is 4.35. The van der Waals surface area contributed by atoms with Crippen LogP contribution in [0.3, 0.4) is 0 Å². The van der Waals surface area contributed by atoms with Crippen LogP contribution >= 0.6 is 0 Å². The topological polar surface area (TPSA) is 72.8 Å². The van der Waals surface area contributed by atoms with Crippen molar-refractivity contribution < 1.29 is 24.2 Å². The molecule has 0 saturated carbocycles. The van der Waals surface area contributed by atoms with Gasteiger partial charge in [0.25, 0.3) is 0 Å². The van der Waals surface area contributed by atoms with Gasteiger partial charge in [0.2, 0.25) is 0 Å². The highest BCUT2D eigenvalue weighted by atomic mass is 16.5. The summed E-state index contributed by atoms with van der Waals surface area (Å²) in [7, 11) is 1.55. The van der Waals surface area contributed by atoms with Crippen LogP contribution in [0.5, 0.6) is 0 Å². The summed E-state index contributed by atoms with van der Waals surface area (Å²) < 4.78 is 11.4. The Labute approximate surface area is 179 Å². The highest BCUT2D eigenvalue weighted by Crippen LogP contribution is 2.33. The molecule has 0 aliphatic heterocycles. The van der Waals surface area contributed by atoms with Crippen LogP contribution in [0.4, 0.5) is 0 Å². The van der Waals surface area contributed by atoms with E-state index in [-0.39, 0.29) is 24.0 Å². The van der Waals surface area contributed by atoms with E-state index < -0.39 is 23.8 Å². The number of hydrogen-bond donors (Lipinski definition) is 1. The van der Waals surface area contributed by atoms with Crippen molar-refractivity contribution in [2.24, 2.45) is 11.8 Å². The summed E-state index contributed by atoms with van der Waals surface area (Å²) >= 11 is 0. The first kappa shape index (κ1) is 24.0. The van der Waals surface area contributed by atoms with E-state index in [2.05, 4.69) is 13.8 Å². The maximum absolute atomic E-state index is 12.6. The minimum atomic E-state index is -0.890. The highest BCUT2D eigenvalue weighted by Gasteiger charge is 2.38. The third-order valence-corrected chi connectivity index (χ3v) is 6.12. The summed E-state index contributed by atoms with van der Waals surface area (Å²) in [5, 5.41) is 10.6. The van der Waals surface area contributed by atoms with Crippen molar-refractivity contribution in [3.05, 3.63) is 53.6 Å². The first-order valence-electron chi connectivity index (χ1n) is 10.5. The van der Waals surface area contributed by atoms with E-state index in [0.717, 1.165) is 5.56 Å². The van der Waals surface area contributed by atoms with E-state index in [1.165, 1.54) is 6.08 Å². The fraction of sp³-hybridized carbons (Fsp3) is 0.520. The van der Waals surface area contributed by atoms with Gasteiger partial charge < -0.3 is 14.6 Å². The Kier molecular flexibility index (Phi) is 8.56. The van der Waals surface area contributed by atoms with Gasteiger partial charge in [0.1, 0.15) is 6.10 Å². The van der Waals surface area contributed by atoms with Gasteiger partial charge in [-0.25, -0.2) is 4.79 Å². The molecular formula is C25H34O5. The normalized spacial score (nSPS) is 30.2. The van der Waals surface area contributed by atoms with Gasteiger partial charge in [-0.05, 0) is 55.9 Å². The summed E-state index contributed by atoms with van der Waals surface area (Å²) in [6, 6.07) is 9.53. The molecule has 0 heterocycles. The van der Waals surface area contributed by atoms with E-state index in [1.807, 2.05) is 37.3 Å². The zero-order valence-corrected chi connectivity index (χ0v) is 18.6. The molecule has 0 saturated heterocycles. The van der Waals surface area contributed by atoms with Crippen molar-refractivity contribution in [3.63, 3.8) is 0 Å². The Bertz CT molecular complexity index is 780. The molecule has 0 fully saturated rings. The van der Waals surface area contributed by atoms with Gasteiger partial charge in [0.15, 0.2) is 5.78 Å². The summed E-state index contributed by atoms with van der Waals surface area (Å²) in [5.41, 5.74) is 0.569. The molecule has 1 aromatic rings. The quantitative estimate of drug-likeness (QED) is 0.573. The fourth-order valence-corrected chi connectivity index (χ4v) is 3.77. The highest BCUT2D eigenvalue weighted by molar-refractivity contribution is 5.95. The Morgan fingerprint density at radius 1 is 1.27 bits per heavy atom. The third-order valence-electron chi connectivity index (χ3n) is 6.12. The van der Waals surface area contributed by atoms with Crippen molar-refractivity contribution in [2.45, 2.75) is 64.8 Å². The average Bonchev–Trinajstić information content (AvgIpc) is 2.71. The summed E-state index contributed by atoms with van der Waals surface area (Å²) in [6.45, 7) is 7.68. The van der Waals surface area contributed by atoms with Gasteiger partial charge in [-0.2, -0.15) is 0 Å². The molecule has 0 unspecified atom stereocenters. The van der Waals surface area contributed by atoms with Crippen LogP contribution in [0, 0.1) is 11.8 Å². The monoisotopic (exact) mass is 414 g/mol. The minimum Gasteiger partial charge on any atom is -0.455 e. The predicted molar refractivity (Wildman–Crippen MR) is 118 cm³/mol. The molecule has 30 heavy (non-hydrogen) atoms. The number of methoxy groups -OCH3 is 1. The molecule has 1 aliphatic carbocycles. The smallest absolute Gasteiger partial charge is 0.331 e. The van der Waals surface area contributed by atoms with Gasteiger partial charge >= 0.3 is 5.97 Å². The first-order chi connectivity index (χ1) is 14.2. The Morgan fingerprint density at radius 2 is 1.93 bits per heavy atom. The number of carbonyl (C=O) groups excluding carboxylic acids is 2. The second-order valence-corrected chi connectivity index (χ2v) is 8.60. The lowest BCUT2D eigenvalue weighted by molar-refractivity contribution is -0.145. The zero-order chi connectivity index (χ0) is 22.3. The van der Waals surface area contributed by atoms with Crippen LogP contribution in [0.1, 0.15) is 52.5 Å². The summed E-state index contributed by atoms with van der Waals surface area (Å²) in [5.74, 6) is -0.423. The van der Waals surface area contributed by atoms with Gasteiger partial charge in [0.05, 0.1) is 11.7 Å². The van der Waals surface area contributed by atoms with Crippen LogP contribution in [-0.2, 0) is 19.1 Å². The number of aliphatic hydroxyl groups excluding tert-OH is 1. The largest absolute Gasteiger partial charge is 0.455 e. The SMILES string of the molecule is CO[C@]1(C)CC[C@@H](C(C)C)[C@H](OC(=O)/C=C/c2ccccc2)/C=C(/C)C(=O)C[C@H]1O. The van der Waals surface area contributed by atoms with Crippen molar-refractivity contribution in [1.29, 1.82) is 0 Å². The maximum Gasteiger partial charge on any atom is 0.331 e. The molecule has 4 atom stereocenters. The number of carbonyl (C=O) groups is 2. The molecule has 1 aliphatic rings. The van der Waals surface area contributed by atoms with Crippen LogP contribution in [-0.4, -0.2) is 41.8 Å². The third kappa shape index (κ3) is 6.38. The number of Topliss-reactive ketones (excluding diaryl/α,β-unsaturated/α-hetero) is 1. The summed E-state index contributed by atoms with van der Waals surface area (Å²) in [4.78, 5) is 25.2. The van der Waals surface area contributed by atoms with E-state index in [0.29, 0.717) is 18.4 Å². The van der Waals surface area contributed by atoms with Gasteiger partial charge in [0, 0.05) is 25.5 Å². The number of ether oxygens (including phenoxy) is 2. The molecule has 5 nitrogen and oxygen atoms in total. The minimum absolute atomic E-state index is 0.0124. The number of hydrogen-bond acceptors (Lipinski definition) is 5. The average molecular weight is 415 g/mol. The van der Waals surface area contributed by atoms with Crippen molar-refractivity contribution >= 4 is 17.8 Å². The molecule has 2 rings (SSSR count). The first-order valence-corrected chi connectivity index (χ1v) is 10.5. The molecule has 5 heteroatoms. The number of aliphatic hydroxyl groups is 1. The molecule has 0 aromatic heterocycles. The van der Waals surface area contributed by atoms with E-state index in [9.17, 15) is 14.7 Å². The molecule has 0 amide bonds. The molecule has 0 radical (unpaired) electrons.